The van der Waals surface area contributed by atoms with E-state index in [1.807, 2.05) is 18.4 Å². The first-order chi connectivity index (χ1) is 9.86. The molecular formula is C16H21NO4. The number of aliphatic hydroxyl groups is 2. The van der Waals surface area contributed by atoms with Gasteiger partial charge in [-0.25, -0.2) is 4.79 Å². The second-order valence-corrected chi connectivity index (χ2v) is 5.60. The van der Waals surface area contributed by atoms with Gasteiger partial charge in [0, 0.05) is 23.7 Å². The molecule has 2 rings (SSSR count). The molecule has 0 spiro atoms. The van der Waals surface area contributed by atoms with Crippen molar-refractivity contribution in [2.75, 3.05) is 6.61 Å². The van der Waals surface area contributed by atoms with Gasteiger partial charge in [0.25, 0.3) is 0 Å². The van der Waals surface area contributed by atoms with Gasteiger partial charge in [0.15, 0.2) is 0 Å². The van der Waals surface area contributed by atoms with E-state index in [2.05, 4.69) is 0 Å². The van der Waals surface area contributed by atoms with E-state index in [9.17, 15) is 20.1 Å². The molecule has 0 amide bonds. The molecular weight excluding hydrogens is 270 g/mol. The number of benzene rings is 1. The lowest BCUT2D eigenvalue weighted by Crippen LogP contribution is -2.05. The predicted molar refractivity (Wildman–Crippen MR) is 80.7 cm³/mol. The van der Waals surface area contributed by atoms with Crippen molar-refractivity contribution >= 4 is 16.9 Å². The average Bonchev–Trinajstić information content (AvgIpc) is 2.77. The summed E-state index contributed by atoms with van der Waals surface area (Å²) < 4.78 is 1.89. The van der Waals surface area contributed by atoms with E-state index >= 15 is 0 Å². The van der Waals surface area contributed by atoms with E-state index in [4.69, 9.17) is 0 Å². The van der Waals surface area contributed by atoms with Crippen LogP contribution in [0.5, 0.6) is 0 Å². The number of nitrogens with zero attached hydrogens (tertiary/aromatic N) is 1. The number of aromatic carboxylic acids is 1. The SMILES string of the molecule is CC(C)c1cc(C(=O)O)cc2c(C(C)O)cn(CCO)c12. The molecule has 0 saturated carbocycles. The Kier molecular flexibility index (Phi) is 4.34. The first-order valence-corrected chi connectivity index (χ1v) is 7.05. The number of hydrogen-bond acceptors (Lipinski definition) is 3. The molecule has 0 fully saturated rings. The molecule has 0 bridgehead atoms. The summed E-state index contributed by atoms with van der Waals surface area (Å²) in [4.78, 5) is 11.3. The maximum absolute atomic E-state index is 11.3. The van der Waals surface area contributed by atoms with Crippen molar-refractivity contribution in [1.29, 1.82) is 0 Å². The van der Waals surface area contributed by atoms with Gasteiger partial charge in [-0.1, -0.05) is 13.8 Å². The fourth-order valence-corrected chi connectivity index (χ4v) is 2.68. The van der Waals surface area contributed by atoms with Gasteiger partial charge >= 0.3 is 5.97 Å². The number of rotatable bonds is 5. The molecule has 1 heterocycles. The molecule has 1 unspecified atom stereocenters. The maximum Gasteiger partial charge on any atom is 0.335 e. The van der Waals surface area contributed by atoms with Crippen molar-refractivity contribution in [3.63, 3.8) is 0 Å². The zero-order valence-corrected chi connectivity index (χ0v) is 12.5. The van der Waals surface area contributed by atoms with Crippen LogP contribution in [0.25, 0.3) is 10.9 Å². The summed E-state index contributed by atoms with van der Waals surface area (Å²) in [6.07, 6.45) is 1.10. The Morgan fingerprint density at radius 2 is 1.90 bits per heavy atom. The molecule has 1 atom stereocenters. The zero-order chi connectivity index (χ0) is 15.7. The van der Waals surface area contributed by atoms with E-state index < -0.39 is 12.1 Å². The summed E-state index contributed by atoms with van der Waals surface area (Å²) in [5.41, 5.74) is 2.70. The van der Waals surface area contributed by atoms with E-state index in [0.717, 1.165) is 16.5 Å². The van der Waals surface area contributed by atoms with Crippen LogP contribution in [0, 0.1) is 0 Å². The van der Waals surface area contributed by atoms with Crippen LogP contribution in [0.4, 0.5) is 0 Å². The summed E-state index contributed by atoms with van der Waals surface area (Å²) in [6, 6.07) is 3.27. The third-order valence-corrected chi connectivity index (χ3v) is 3.69. The normalized spacial score (nSPS) is 13.0. The molecule has 3 N–H and O–H groups in total. The van der Waals surface area contributed by atoms with Crippen LogP contribution in [0.15, 0.2) is 18.3 Å². The highest BCUT2D eigenvalue weighted by molar-refractivity contribution is 5.97. The number of aromatic nitrogens is 1. The standard InChI is InChI=1S/C16H21NO4/c1-9(2)12-6-11(16(20)21)7-13-14(10(3)19)8-17(4-5-18)15(12)13/h6-10,18-19H,4-5H2,1-3H3,(H,20,21). The Bertz CT molecular complexity index is 670. The monoisotopic (exact) mass is 291 g/mol. The molecule has 21 heavy (non-hydrogen) atoms. The number of carboxylic acids is 1. The maximum atomic E-state index is 11.3. The van der Waals surface area contributed by atoms with Crippen LogP contribution in [0.1, 0.15) is 54.3 Å². The fraction of sp³-hybridized carbons (Fsp3) is 0.438. The lowest BCUT2D eigenvalue weighted by Gasteiger charge is -2.13. The van der Waals surface area contributed by atoms with Crippen LogP contribution in [-0.2, 0) is 6.54 Å². The molecule has 0 radical (unpaired) electrons. The Morgan fingerprint density at radius 3 is 2.38 bits per heavy atom. The van der Waals surface area contributed by atoms with Gasteiger partial charge in [0.2, 0.25) is 0 Å². The molecule has 5 heteroatoms. The minimum absolute atomic E-state index is 0.0127. The second-order valence-electron chi connectivity index (χ2n) is 5.60. The first-order valence-electron chi connectivity index (χ1n) is 7.05. The Hall–Kier alpha value is -1.85. The molecule has 0 aliphatic heterocycles. The molecule has 1 aromatic heterocycles. The highest BCUT2D eigenvalue weighted by Crippen LogP contribution is 2.33. The second kappa shape index (κ2) is 5.87. The van der Waals surface area contributed by atoms with Crippen molar-refractivity contribution < 1.29 is 20.1 Å². The van der Waals surface area contributed by atoms with Gasteiger partial charge in [-0.2, -0.15) is 0 Å². The molecule has 1 aromatic carbocycles. The fourth-order valence-electron chi connectivity index (χ4n) is 2.68. The largest absolute Gasteiger partial charge is 0.478 e. The van der Waals surface area contributed by atoms with E-state index in [1.54, 1.807) is 25.3 Å². The average molecular weight is 291 g/mol. The summed E-state index contributed by atoms with van der Waals surface area (Å²) in [6.45, 7) is 6.05. The number of aliphatic hydroxyl groups excluding tert-OH is 2. The van der Waals surface area contributed by atoms with Crippen molar-refractivity contribution in [2.24, 2.45) is 0 Å². The van der Waals surface area contributed by atoms with Gasteiger partial charge < -0.3 is 19.9 Å². The van der Waals surface area contributed by atoms with Crippen molar-refractivity contribution in [2.45, 2.75) is 39.3 Å². The van der Waals surface area contributed by atoms with E-state index in [1.165, 1.54) is 0 Å². The molecule has 0 aliphatic rings. The molecule has 114 valence electrons. The molecule has 0 saturated heterocycles. The lowest BCUT2D eigenvalue weighted by molar-refractivity contribution is 0.0697. The van der Waals surface area contributed by atoms with Crippen LogP contribution < -0.4 is 0 Å². The van der Waals surface area contributed by atoms with Crippen LogP contribution in [-0.4, -0.2) is 32.5 Å². The van der Waals surface area contributed by atoms with Gasteiger partial charge in [-0.15, -0.1) is 0 Å². The number of carbonyl (C=O) groups is 1. The summed E-state index contributed by atoms with van der Waals surface area (Å²) in [5.74, 6) is -0.841. The van der Waals surface area contributed by atoms with Gasteiger partial charge in [0.1, 0.15) is 0 Å². The Morgan fingerprint density at radius 1 is 1.24 bits per heavy atom. The van der Waals surface area contributed by atoms with Gasteiger partial charge in [0.05, 0.1) is 23.8 Å². The lowest BCUT2D eigenvalue weighted by atomic mass is 9.95. The minimum atomic E-state index is -0.981. The van der Waals surface area contributed by atoms with Crippen LogP contribution in [0.2, 0.25) is 0 Å². The van der Waals surface area contributed by atoms with Gasteiger partial charge in [-0.05, 0) is 30.5 Å². The molecule has 5 nitrogen and oxygen atoms in total. The Balaban J connectivity index is 2.86. The highest BCUT2D eigenvalue weighted by Gasteiger charge is 2.19. The number of hydrogen-bond donors (Lipinski definition) is 3. The minimum Gasteiger partial charge on any atom is -0.478 e. The molecule has 2 aromatic rings. The third kappa shape index (κ3) is 2.80. The van der Waals surface area contributed by atoms with Crippen molar-refractivity contribution in [3.8, 4) is 0 Å². The summed E-state index contributed by atoms with van der Waals surface area (Å²) in [5, 5.41) is 29.2. The number of fused-ring (bicyclic) bond motifs is 1. The predicted octanol–water partition coefficient (Wildman–Crippen LogP) is 2.51. The highest BCUT2D eigenvalue weighted by atomic mass is 16.4. The Labute approximate surface area is 123 Å². The zero-order valence-electron chi connectivity index (χ0n) is 12.5. The quantitative estimate of drug-likeness (QED) is 0.790. The van der Waals surface area contributed by atoms with Crippen LogP contribution >= 0.6 is 0 Å². The number of carboxylic acid groups (broad SMARTS) is 1. The van der Waals surface area contributed by atoms with E-state index in [0.29, 0.717) is 12.1 Å². The van der Waals surface area contributed by atoms with Gasteiger partial charge in [-0.3, -0.25) is 0 Å². The first kappa shape index (κ1) is 15.5. The molecule has 0 aliphatic carbocycles. The topological polar surface area (TPSA) is 82.7 Å². The summed E-state index contributed by atoms with van der Waals surface area (Å²) >= 11 is 0. The van der Waals surface area contributed by atoms with Crippen LogP contribution in [0.3, 0.4) is 0 Å². The smallest absolute Gasteiger partial charge is 0.335 e. The third-order valence-electron chi connectivity index (χ3n) is 3.69. The summed E-state index contributed by atoms with van der Waals surface area (Å²) in [7, 11) is 0. The van der Waals surface area contributed by atoms with Crippen molar-refractivity contribution in [1.82, 2.24) is 4.57 Å². The van der Waals surface area contributed by atoms with E-state index in [-0.39, 0.29) is 18.1 Å². The van der Waals surface area contributed by atoms with Crippen molar-refractivity contribution in [3.05, 3.63) is 35.0 Å².